The smallest absolute Gasteiger partial charge is 0.319 e. The number of ether oxygens (including phenoxy) is 1. The number of hydrogen-bond donors (Lipinski definition) is 4. The van der Waals surface area contributed by atoms with E-state index in [1.807, 2.05) is 24.3 Å². The highest BCUT2D eigenvalue weighted by Gasteiger charge is 2.20. The van der Waals surface area contributed by atoms with Crippen molar-refractivity contribution in [2.75, 3.05) is 36.9 Å². The molecule has 1 aliphatic heterocycles. The van der Waals surface area contributed by atoms with Gasteiger partial charge in [0.05, 0.1) is 25.1 Å². The number of nitrogens with one attached hydrogen (secondary N) is 4. The molecule has 9 heteroatoms. The Labute approximate surface area is 175 Å². The van der Waals surface area contributed by atoms with Crippen molar-refractivity contribution in [2.24, 2.45) is 0 Å². The van der Waals surface area contributed by atoms with Gasteiger partial charge >= 0.3 is 6.03 Å². The Hall–Kier alpha value is -2.91. The van der Waals surface area contributed by atoms with Crippen LogP contribution >= 0.6 is 0 Å². The normalized spacial score (nSPS) is 17.6. The second kappa shape index (κ2) is 9.73. The third-order valence-corrected chi connectivity index (χ3v) is 5.53. The molecular formula is C21H28N6O3. The predicted octanol–water partition coefficient (Wildman–Crippen LogP) is 2.56. The summed E-state index contributed by atoms with van der Waals surface area (Å²) in [4.78, 5) is 27.2. The topological polar surface area (TPSA) is 111 Å². The van der Waals surface area contributed by atoms with Crippen molar-refractivity contribution in [3.8, 4) is 0 Å². The van der Waals surface area contributed by atoms with Crippen LogP contribution in [0.1, 0.15) is 41.7 Å². The van der Waals surface area contributed by atoms with Gasteiger partial charge in [-0.25, -0.2) is 4.79 Å². The first kappa shape index (κ1) is 20.4. The molecular weight excluding hydrogens is 384 g/mol. The fraction of sp³-hybridized carbons (Fsp3) is 0.476. The van der Waals surface area contributed by atoms with Gasteiger partial charge in [0.25, 0.3) is 5.91 Å². The molecule has 2 aliphatic rings. The van der Waals surface area contributed by atoms with Gasteiger partial charge in [0, 0.05) is 31.4 Å². The Kier molecular flexibility index (Phi) is 6.60. The van der Waals surface area contributed by atoms with Crippen LogP contribution < -0.4 is 16.0 Å². The monoisotopic (exact) mass is 412 g/mol. The quantitative estimate of drug-likeness (QED) is 0.583. The van der Waals surface area contributed by atoms with Crippen LogP contribution in [0.2, 0.25) is 0 Å². The number of aromatic amines is 1. The minimum atomic E-state index is -0.357. The largest absolute Gasteiger partial charge is 0.379 e. The average Bonchev–Trinajstić information content (AvgIpc) is 3.42. The number of aromatic nitrogens is 2. The summed E-state index contributed by atoms with van der Waals surface area (Å²) in [7, 11) is 0. The average molecular weight is 412 g/mol. The number of amides is 3. The molecule has 9 nitrogen and oxygen atoms in total. The lowest BCUT2D eigenvalue weighted by atomic mass is 10.2. The van der Waals surface area contributed by atoms with E-state index in [0.29, 0.717) is 11.4 Å². The van der Waals surface area contributed by atoms with Gasteiger partial charge in [0.15, 0.2) is 0 Å². The van der Waals surface area contributed by atoms with Crippen LogP contribution in [0.15, 0.2) is 30.5 Å². The Morgan fingerprint density at radius 3 is 2.57 bits per heavy atom. The summed E-state index contributed by atoms with van der Waals surface area (Å²) in [6.07, 6.45) is 5.70. The Balaban J connectivity index is 1.31. The zero-order valence-corrected chi connectivity index (χ0v) is 16.9. The van der Waals surface area contributed by atoms with Crippen molar-refractivity contribution < 1.29 is 14.3 Å². The van der Waals surface area contributed by atoms with Crippen molar-refractivity contribution in [3.05, 3.63) is 41.7 Å². The van der Waals surface area contributed by atoms with E-state index in [1.165, 1.54) is 11.8 Å². The fourth-order valence-corrected chi connectivity index (χ4v) is 3.87. The number of rotatable bonds is 6. The molecule has 0 atom stereocenters. The van der Waals surface area contributed by atoms with Gasteiger partial charge < -0.3 is 20.7 Å². The van der Waals surface area contributed by atoms with E-state index in [0.717, 1.165) is 58.5 Å². The van der Waals surface area contributed by atoms with Crippen LogP contribution in [0, 0.1) is 0 Å². The number of urea groups is 1. The molecule has 0 unspecified atom stereocenters. The molecule has 1 aromatic heterocycles. The predicted molar refractivity (Wildman–Crippen MR) is 113 cm³/mol. The molecule has 1 saturated heterocycles. The second-order valence-electron chi connectivity index (χ2n) is 7.78. The first-order valence-corrected chi connectivity index (χ1v) is 10.5. The Bertz CT molecular complexity index is 854. The molecule has 0 bridgehead atoms. The van der Waals surface area contributed by atoms with E-state index in [9.17, 15) is 9.59 Å². The van der Waals surface area contributed by atoms with E-state index in [2.05, 4.69) is 31.0 Å². The molecule has 2 fully saturated rings. The molecule has 30 heavy (non-hydrogen) atoms. The maximum absolute atomic E-state index is 12.6. The maximum atomic E-state index is 12.6. The number of H-pyrrole nitrogens is 1. The van der Waals surface area contributed by atoms with Crippen LogP contribution in [0.5, 0.6) is 0 Å². The second-order valence-corrected chi connectivity index (χ2v) is 7.78. The third kappa shape index (κ3) is 5.37. The molecule has 0 spiro atoms. The number of nitrogens with zero attached hydrogens (tertiary/aromatic N) is 2. The highest BCUT2D eigenvalue weighted by Crippen LogP contribution is 2.19. The fourth-order valence-electron chi connectivity index (χ4n) is 3.87. The van der Waals surface area contributed by atoms with Crippen molar-refractivity contribution in [1.82, 2.24) is 20.4 Å². The van der Waals surface area contributed by atoms with E-state index in [4.69, 9.17) is 4.74 Å². The summed E-state index contributed by atoms with van der Waals surface area (Å²) in [5.41, 5.74) is 2.44. The van der Waals surface area contributed by atoms with Gasteiger partial charge in [-0.05, 0) is 30.5 Å². The zero-order valence-electron chi connectivity index (χ0n) is 16.9. The summed E-state index contributed by atoms with van der Waals surface area (Å²) in [6.45, 7) is 4.27. The number of hydrogen-bond acceptors (Lipinski definition) is 5. The van der Waals surface area contributed by atoms with Gasteiger partial charge in [0.1, 0.15) is 5.69 Å². The SMILES string of the molecule is O=C(Nc1cn[nH]c1C(=O)Nc1ccc(CN2CCOCC2)cc1)NC1CCCC1. The van der Waals surface area contributed by atoms with Crippen molar-refractivity contribution >= 4 is 23.3 Å². The number of anilines is 2. The van der Waals surface area contributed by atoms with Gasteiger partial charge in [-0.2, -0.15) is 5.10 Å². The molecule has 1 aromatic carbocycles. The van der Waals surface area contributed by atoms with Gasteiger partial charge in [-0.1, -0.05) is 25.0 Å². The standard InChI is InChI=1S/C21H28N6O3/c28-20(19-18(13-22-26-19)25-21(29)24-16-3-1-2-4-16)23-17-7-5-15(6-8-17)14-27-9-11-30-12-10-27/h5-8,13,16H,1-4,9-12,14H2,(H,22,26)(H,23,28)(H2,24,25,29). The Morgan fingerprint density at radius 1 is 1.10 bits per heavy atom. The molecule has 4 rings (SSSR count). The lowest BCUT2D eigenvalue weighted by molar-refractivity contribution is 0.0342. The molecule has 2 aromatic rings. The molecule has 4 N–H and O–H groups in total. The zero-order chi connectivity index (χ0) is 20.8. The van der Waals surface area contributed by atoms with Crippen LogP contribution in [0.3, 0.4) is 0 Å². The highest BCUT2D eigenvalue weighted by molar-refractivity contribution is 6.08. The number of morpholine rings is 1. The summed E-state index contributed by atoms with van der Waals surface area (Å²) in [5, 5.41) is 15.1. The van der Waals surface area contributed by atoms with E-state index < -0.39 is 0 Å². The van der Waals surface area contributed by atoms with Crippen molar-refractivity contribution in [2.45, 2.75) is 38.3 Å². The van der Waals surface area contributed by atoms with Crippen LogP contribution in [-0.2, 0) is 11.3 Å². The molecule has 0 radical (unpaired) electrons. The number of carbonyl (C=O) groups is 2. The van der Waals surface area contributed by atoms with Crippen molar-refractivity contribution in [3.63, 3.8) is 0 Å². The number of benzene rings is 1. The molecule has 1 saturated carbocycles. The van der Waals surface area contributed by atoms with Gasteiger partial charge in [-0.3, -0.25) is 14.8 Å². The molecule has 2 heterocycles. The van der Waals surface area contributed by atoms with E-state index in [-0.39, 0.29) is 23.7 Å². The molecule has 3 amide bonds. The summed E-state index contributed by atoms with van der Waals surface area (Å²) in [6, 6.07) is 7.65. The minimum Gasteiger partial charge on any atom is -0.379 e. The highest BCUT2D eigenvalue weighted by atomic mass is 16.5. The summed E-state index contributed by atoms with van der Waals surface area (Å²) in [5.74, 6) is -0.357. The lowest BCUT2D eigenvalue weighted by Crippen LogP contribution is -2.36. The first-order valence-electron chi connectivity index (χ1n) is 10.5. The summed E-state index contributed by atoms with van der Waals surface area (Å²) >= 11 is 0. The minimum absolute atomic E-state index is 0.199. The van der Waals surface area contributed by atoms with Crippen LogP contribution in [0.25, 0.3) is 0 Å². The van der Waals surface area contributed by atoms with E-state index >= 15 is 0 Å². The lowest BCUT2D eigenvalue weighted by Gasteiger charge is -2.26. The van der Waals surface area contributed by atoms with Crippen LogP contribution in [-0.4, -0.2) is 59.4 Å². The van der Waals surface area contributed by atoms with E-state index in [1.54, 1.807) is 0 Å². The molecule has 1 aliphatic carbocycles. The summed E-state index contributed by atoms with van der Waals surface area (Å²) < 4.78 is 5.37. The Morgan fingerprint density at radius 2 is 1.83 bits per heavy atom. The third-order valence-electron chi connectivity index (χ3n) is 5.53. The van der Waals surface area contributed by atoms with Gasteiger partial charge in [0.2, 0.25) is 0 Å². The maximum Gasteiger partial charge on any atom is 0.319 e. The number of carbonyl (C=O) groups excluding carboxylic acids is 2. The van der Waals surface area contributed by atoms with Crippen molar-refractivity contribution in [1.29, 1.82) is 0 Å². The van der Waals surface area contributed by atoms with Crippen LogP contribution in [0.4, 0.5) is 16.2 Å². The first-order chi connectivity index (χ1) is 14.7. The molecule has 160 valence electrons. The van der Waals surface area contributed by atoms with Gasteiger partial charge in [-0.15, -0.1) is 0 Å².